The number of benzene rings is 4. The second-order valence-electron chi connectivity index (χ2n) is 18.2. The van der Waals surface area contributed by atoms with Gasteiger partial charge in [-0.2, -0.15) is 0 Å². The molecule has 74 heavy (non-hydrogen) atoms. The van der Waals surface area contributed by atoms with Crippen LogP contribution < -0.4 is 30.7 Å². The normalized spacial score (nSPS) is 16.8. The van der Waals surface area contributed by atoms with Gasteiger partial charge in [0.1, 0.15) is 0 Å². The summed E-state index contributed by atoms with van der Waals surface area (Å²) < 4.78 is 79.8. The monoisotopic (exact) mass is 1140 g/mol. The van der Waals surface area contributed by atoms with Crippen LogP contribution in [0.3, 0.4) is 0 Å². The Morgan fingerprint density at radius 1 is 0.568 bits per heavy atom. The molecule has 0 radical (unpaired) electrons. The summed E-state index contributed by atoms with van der Waals surface area (Å²) in [4.78, 5) is 26.7. The maximum absolute atomic E-state index is 13.1. The lowest BCUT2D eigenvalue weighted by Crippen LogP contribution is -2.39. The van der Waals surface area contributed by atoms with Crippen molar-refractivity contribution in [3.05, 3.63) is 126 Å². The zero-order chi connectivity index (χ0) is 53.1. The molecule has 1 heterocycles. The maximum Gasteiger partial charge on any atom is 0.314 e. The predicted molar refractivity (Wildman–Crippen MR) is 289 cm³/mol. The van der Waals surface area contributed by atoms with E-state index >= 15 is 0 Å². The molecule has 23 heteroatoms. The number of nitrogens with one attached hydrogen (secondary N) is 6. The van der Waals surface area contributed by atoms with Crippen molar-refractivity contribution in [3.8, 4) is 0 Å². The quantitative estimate of drug-likeness (QED) is 0.0297. The minimum absolute atomic E-state index is 0.0210. The summed E-state index contributed by atoms with van der Waals surface area (Å²) in [6.45, 7) is 7.02. The highest BCUT2D eigenvalue weighted by molar-refractivity contribution is 7.89. The Morgan fingerprint density at radius 3 is 1.50 bits per heavy atom. The highest BCUT2D eigenvalue weighted by Gasteiger charge is 2.30. The molecule has 0 saturated carbocycles. The van der Waals surface area contributed by atoms with Crippen LogP contribution in [0, 0.1) is 5.92 Å². The third-order valence-corrected chi connectivity index (χ3v) is 16.5. The van der Waals surface area contributed by atoms with Gasteiger partial charge in [0.2, 0.25) is 20.0 Å². The number of carbonyl (C=O) groups is 2. The van der Waals surface area contributed by atoms with E-state index in [1.807, 2.05) is 31.3 Å². The average molecular weight is 1140 g/mol. The number of rotatable bonds is 29. The largest absolute Gasteiger partial charge is 0.378 e. The Morgan fingerprint density at radius 2 is 1.00 bits per heavy atom. The molecule has 0 saturated heterocycles. The predicted octanol–water partition coefficient (Wildman–Crippen LogP) is 7.29. The molecular weight excluding hydrogens is 1080 g/mol. The number of fused-ring (bicyclic) bond motifs is 2. The molecule has 1 unspecified atom stereocenters. The van der Waals surface area contributed by atoms with Gasteiger partial charge in [-0.15, -0.1) is 0 Å². The number of hydrogen-bond acceptors (Lipinski definition) is 11. The fraction of sp³-hybridized carbons (Fsp3) is 0.490. The molecule has 2 aliphatic rings. The highest BCUT2D eigenvalue weighted by Crippen LogP contribution is 2.44. The van der Waals surface area contributed by atoms with Crippen LogP contribution in [0.4, 0.5) is 9.59 Å². The van der Waals surface area contributed by atoms with Gasteiger partial charge in [0.15, 0.2) is 0 Å². The third kappa shape index (κ3) is 18.5. The number of amides is 4. The summed E-state index contributed by atoms with van der Waals surface area (Å²) in [5.74, 6) is 0.260. The molecule has 4 aromatic rings. The molecule has 0 fully saturated rings. The molecule has 1 aliphatic heterocycles. The first-order chi connectivity index (χ1) is 35.5. The zero-order valence-corrected chi connectivity index (χ0v) is 46.3. The molecule has 4 aromatic carbocycles. The molecule has 1 aliphatic carbocycles. The minimum atomic E-state index is -3.79. The van der Waals surface area contributed by atoms with Gasteiger partial charge in [-0.05, 0) is 121 Å². The van der Waals surface area contributed by atoms with Gasteiger partial charge in [0.05, 0.1) is 62.6 Å². The van der Waals surface area contributed by atoms with Crippen molar-refractivity contribution >= 4 is 78.5 Å². The molecule has 406 valence electrons. The SMILES string of the molecule is CC1Cc2c(Cl)cc(Cl)cc2[C@H](c2cccc(S(=O)(=O)NCCOCCOCCNC(=O)NCCCCNC(=O)NCCOCCOCCNS(=O)(=O)c3cccc([C@@H]4CN(C)Cc5c(Cl)cc(Cl)cc54)c3)c2)C1. The summed E-state index contributed by atoms with van der Waals surface area (Å²) in [6, 6.07) is 20.5. The third-order valence-electron chi connectivity index (χ3n) is 12.5. The van der Waals surface area contributed by atoms with Crippen LogP contribution in [0.5, 0.6) is 0 Å². The summed E-state index contributed by atoms with van der Waals surface area (Å²) >= 11 is 25.7. The lowest BCUT2D eigenvalue weighted by Gasteiger charge is -2.33. The fourth-order valence-electron chi connectivity index (χ4n) is 8.91. The number of sulfonamides is 2. The van der Waals surface area contributed by atoms with Crippen molar-refractivity contribution in [2.75, 3.05) is 106 Å². The van der Waals surface area contributed by atoms with Crippen molar-refractivity contribution < 1.29 is 45.4 Å². The number of unbranched alkanes of at least 4 members (excludes halogenated alkanes) is 1. The summed E-state index contributed by atoms with van der Waals surface area (Å²) in [5.41, 5.74) is 5.83. The number of halogens is 4. The lowest BCUT2D eigenvalue weighted by molar-refractivity contribution is 0.0516. The number of ether oxygens (including phenoxy) is 4. The van der Waals surface area contributed by atoms with Crippen molar-refractivity contribution in [2.45, 2.75) is 60.8 Å². The second-order valence-corrected chi connectivity index (χ2v) is 23.4. The van der Waals surface area contributed by atoms with Crippen molar-refractivity contribution in [1.82, 2.24) is 35.6 Å². The summed E-state index contributed by atoms with van der Waals surface area (Å²) in [6.07, 6.45) is 3.01. The van der Waals surface area contributed by atoms with Crippen molar-refractivity contribution in [3.63, 3.8) is 0 Å². The van der Waals surface area contributed by atoms with Crippen LogP contribution in [0.15, 0.2) is 82.6 Å². The van der Waals surface area contributed by atoms with Crippen molar-refractivity contribution in [1.29, 1.82) is 0 Å². The van der Waals surface area contributed by atoms with E-state index in [-0.39, 0.29) is 106 Å². The highest BCUT2D eigenvalue weighted by atomic mass is 35.5. The average Bonchev–Trinajstić information content (AvgIpc) is 3.36. The molecule has 0 spiro atoms. The van der Waals surface area contributed by atoms with Gasteiger partial charge < -0.3 is 45.1 Å². The topological polar surface area (TPSA) is 215 Å². The van der Waals surface area contributed by atoms with Crippen LogP contribution in [-0.2, 0) is 52.0 Å². The van der Waals surface area contributed by atoms with Crippen molar-refractivity contribution in [2.24, 2.45) is 5.92 Å². The Kier molecular flexibility index (Phi) is 23.8. The summed E-state index contributed by atoms with van der Waals surface area (Å²) in [5, 5.41) is 13.3. The van der Waals surface area contributed by atoms with E-state index in [0.29, 0.717) is 71.6 Å². The van der Waals surface area contributed by atoms with Gasteiger partial charge in [-0.3, -0.25) is 0 Å². The molecule has 0 aromatic heterocycles. The van der Waals surface area contributed by atoms with E-state index < -0.39 is 20.0 Å². The van der Waals surface area contributed by atoms with E-state index in [1.165, 1.54) is 0 Å². The molecule has 6 rings (SSSR count). The van der Waals surface area contributed by atoms with Gasteiger partial charge >= 0.3 is 12.1 Å². The smallest absolute Gasteiger partial charge is 0.314 e. The number of nitrogens with zero attached hydrogens (tertiary/aromatic N) is 1. The molecule has 0 bridgehead atoms. The second kappa shape index (κ2) is 29.6. The first-order valence-corrected chi connectivity index (χ1v) is 29.2. The standard InChI is InChI=1S/C51H67Cl4N7O10S2/c1-35-25-42(43-29-38(52)31-48(54)45(43)26-35)36-7-5-9-40(27-36)73(65,66)60-15-19-71-23-21-69-17-13-58-50(63)56-11-3-4-12-57-51(64)59-14-18-70-22-24-72-20-16-61-74(67,68)41-10-6-8-37(28-41)46-33-62(2)34-47-44(46)30-39(53)32-49(47)55/h5-10,27-32,35,42,46,60-61H,3-4,11-26,33-34H2,1-2H3,(H2,56,58,63)(H2,57,59,64)/t35?,42-,46-/m0/s1. The Labute approximate surface area is 455 Å². The number of urea groups is 2. The van der Waals surface area contributed by atoms with E-state index in [9.17, 15) is 26.4 Å². The lowest BCUT2D eigenvalue weighted by atomic mass is 9.74. The van der Waals surface area contributed by atoms with Gasteiger partial charge in [0, 0.05) is 84.3 Å². The number of likely N-dealkylation sites (N-methyl/N-ethyl adjacent to an activating group) is 1. The Hall–Kier alpha value is -3.80. The van der Waals surface area contributed by atoms with Crippen LogP contribution >= 0.6 is 46.4 Å². The van der Waals surface area contributed by atoms with Gasteiger partial charge in [0.25, 0.3) is 0 Å². The Balaban J connectivity index is 0.707. The first kappa shape index (κ1) is 59.4. The first-order valence-electron chi connectivity index (χ1n) is 24.7. The van der Waals surface area contributed by atoms with E-state index in [4.69, 9.17) is 65.4 Å². The molecular formula is C51H67Cl4N7O10S2. The van der Waals surface area contributed by atoms with Crippen LogP contribution in [-0.4, -0.2) is 140 Å². The number of hydrogen-bond donors (Lipinski definition) is 6. The van der Waals surface area contributed by atoms with E-state index in [0.717, 1.165) is 46.2 Å². The van der Waals surface area contributed by atoms with Crippen LogP contribution in [0.2, 0.25) is 20.1 Å². The molecule has 4 amide bonds. The van der Waals surface area contributed by atoms with Crippen LogP contribution in [0.1, 0.15) is 71.4 Å². The van der Waals surface area contributed by atoms with Crippen LogP contribution in [0.25, 0.3) is 0 Å². The van der Waals surface area contributed by atoms with E-state index in [2.05, 4.69) is 42.5 Å². The zero-order valence-electron chi connectivity index (χ0n) is 41.7. The van der Waals surface area contributed by atoms with Gasteiger partial charge in [-0.25, -0.2) is 35.9 Å². The summed E-state index contributed by atoms with van der Waals surface area (Å²) in [7, 11) is -5.57. The maximum atomic E-state index is 13.1. The molecule has 17 nitrogen and oxygen atoms in total. The molecule has 6 N–H and O–H groups in total. The fourth-order valence-corrected chi connectivity index (χ4v) is 12.2. The minimum Gasteiger partial charge on any atom is -0.378 e. The Bertz CT molecular complexity index is 2540. The number of carbonyl (C=O) groups excluding carboxylic acids is 2. The van der Waals surface area contributed by atoms with Gasteiger partial charge in [-0.1, -0.05) is 77.6 Å². The van der Waals surface area contributed by atoms with E-state index in [1.54, 1.807) is 48.5 Å². The molecule has 3 atom stereocenters.